The molecule has 0 bridgehead atoms. The van der Waals surface area contributed by atoms with E-state index in [9.17, 15) is 4.39 Å². The van der Waals surface area contributed by atoms with E-state index in [0.717, 1.165) is 30.0 Å². The molecule has 136 valence electrons. The SMILES string of the molecule is Fc1ccc(COc2ccc3ccccc3c2CNCc2cccs2)cc1. The van der Waals surface area contributed by atoms with Crippen molar-refractivity contribution >= 4 is 22.1 Å². The van der Waals surface area contributed by atoms with Crippen LogP contribution in [0.5, 0.6) is 5.75 Å². The number of nitrogens with one attached hydrogen (secondary N) is 1. The normalized spacial score (nSPS) is 11.0. The van der Waals surface area contributed by atoms with Crippen molar-refractivity contribution < 1.29 is 9.13 Å². The minimum atomic E-state index is -0.233. The van der Waals surface area contributed by atoms with Crippen LogP contribution in [0.3, 0.4) is 0 Å². The Balaban J connectivity index is 1.55. The highest BCUT2D eigenvalue weighted by molar-refractivity contribution is 7.09. The van der Waals surface area contributed by atoms with Crippen LogP contribution in [0.15, 0.2) is 78.2 Å². The number of halogens is 1. The summed E-state index contributed by atoms with van der Waals surface area (Å²) in [6.07, 6.45) is 0. The summed E-state index contributed by atoms with van der Waals surface area (Å²) in [5.41, 5.74) is 2.09. The van der Waals surface area contributed by atoms with E-state index in [-0.39, 0.29) is 5.82 Å². The van der Waals surface area contributed by atoms with Crippen molar-refractivity contribution in [3.63, 3.8) is 0 Å². The number of benzene rings is 3. The van der Waals surface area contributed by atoms with Gasteiger partial charge in [-0.2, -0.15) is 0 Å². The molecule has 1 N–H and O–H groups in total. The molecule has 0 saturated carbocycles. The van der Waals surface area contributed by atoms with Crippen LogP contribution < -0.4 is 10.1 Å². The van der Waals surface area contributed by atoms with Gasteiger partial charge in [0.25, 0.3) is 0 Å². The molecule has 4 heteroatoms. The topological polar surface area (TPSA) is 21.3 Å². The van der Waals surface area contributed by atoms with E-state index >= 15 is 0 Å². The van der Waals surface area contributed by atoms with Crippen LogP contribution in [-0.2, 0) is 19.7 Å². The largest absolute Gasteiger partial charge is 0.489 e. The molecule has 0 unspecified atom stereocenters. The number of fused-ring (bicyclic) bond motifs is 1. The van der Waals surface area contributed by atoms with Gasteiger partial charge in [0.2, 0.25) is 0 Å². The lowest BCUT2D eigenvalue weighted by Crippen LogP contribution is -2.13. The highest BCUT2D eigenvalue weighted by atomic mass is 32.1. The Morgan fingerprint density at radius 3 is 2.52 bits per heavy atom. The van der Waals surface area contributed by atoms with Gasteiger partial charge in [0.05, 0.1) is 0 Å². The smallest absolute Gasteiger partial charge is 0.124 e. The fraction of sp³-hybridized carbons (Fsp3) is 0.130. The maximum absolute atomic E-state index is 13.1. The molecule has 4 aromatic rings. The maximum Gasteiger partial charge on any atom is 0.124 e. The molecule has 0 aliphatic carbocycles. The first-order chi connectivity index (χ1) is 13.3. The lowest BCUT2D eigenvalue weighted by atomic mass is 10.0. The van der Waals surface area contributed by atoms with Gasteiger partial charge >= 0.3 is 0 Å². The second-order valence-corrected chi connectivity index (χ2v) is 7.39. The quantitative estimate of drug-likeness (QED) is 0.432. The monoisotopic (exact) mass is 377 g/mol. The average Bonchev–Trinajstić information content (AvgIpc) is 3.22. The lowest BCUT2D eigenvalue weighted by Gasteiger charge is -2.15. The standard InChI is InChI=1S/C23H20FNOS/c24-19-10-7-17(8-11-19)16-26-23-12-9-18-4-1-2-6-21(18)22(23)15-25-14-20-5-3-13-27-20/h1-13,25H,14-16H2. The van der Waals surface area contributed by atoms with Gasteiger partial charge in [0.1, 0.15) is 18.2 Å². The van der Waals surface area contributed by atoms with Crippen LogP contribution in [-0.4, -0.2) is 0 Å². The highest BCUT2D eigenvalue weighted by Gasteiger charge is 2.09. The molecule has 0 aliphatic rings. The molecular weight excluding hydrogens is 357 g/mol. The molecule has 0 radical (unpaired) electrons. The van der Waals surface area contributed by atoms with Crippen LogP contribution in [0.25, 0.3) is 10.8 Å². The molecule has 4 rings (SSSR count). The second kappa shape index (κ2) is 8.33. The van der Waals surface area contributed by atoms with Crippen molar-refractivity contribution in [2.24, 2.45) is 0 Å². The summed E-state index contributed by atoms with van der Waals surface area (Å²) in [6, 6.07) is 23.1. The zero-order valence-corrected chi connectivity index (χ0v) is 15.6. The third-order valence-electron chi connectivity index (χ3n) is 4.49. The number of rotatable bonds is 7. The molecule has 0 atom stereocenters. The van der Waals surface area contributed by atoms with Gasteiger partial charge in [0.15, 0.2) is 0 Å². The molecule has 3 aromatic carbocycles. The van der Waals surface area contributed by atoms with Gasteiger partial charge in [-0.1, -0.05) is 48.5 Å². The van der Waals surface area contributed by atoms with Crippen molar-refractivity contribution in [2.75, 3.05) is 0 Å². The third kappa shape index (κ3) is 4.35. The first kappa shape index (κ1) is 17.7. The van der Waals surface area contributed by atoms with Gasteiger partial charge in [-0.15, -0.1) is 11.3 Å². The zero-order chi connectivity index (χ0) is 18.5. The van der Waals surface area contributed by atoms with E-state index in [1.807, 2.05) is 12.1 Å². The second-order valence-electron chi connectivity index (χ2n) is 6.36. The summed E-state index contributed by atoms with van der Waals surface area (Å²) in [6.45, 7) is 1.97. The van der Waals surface area contributed by atoms with E-state index in [4.69, 9.17) is 4.74 Å². The van der Waals surface area contributed by atoms with Crippen molar-refractivity contribution in [1.29, 1.82) is 0 Å². The molecule has 0 saturated heterocycles. The molecule has 0 fully saturated rings. The summed E-state index contributed by atoms with van der Waals surface area (Å²) >= 11 is 1.75. The summed E-state index contributed by atoms with van der Waals surface area (Å²) < 4.78 is 19.2. The zero-order valence-electron chi connectivity index (χ0n) is 14.8. The minimum absolute atomic E-state index is 0.233. The van der Waals surface area contributed by atoms with Crippen LogP contribution in [0.2, 0.25) is 0 Å². The molecule has 0 aliphatic heterocycles. The van der Waals surface area contributed by atoms with Crippen molar-refractivity contribution in [3.8, 4) is 5.75 Å². The minimum Gasteiger partial charge on any atom is -0.489 e. The van der Waals surface area contributed by atoms with E-state index in [2.05, 4.69) is 47.1 Å². The molecular formula is C23H20FNOS. The third-order valence-corrected chi connectivity index (χ3v) is 5.36. The molecule has 0 amide bonds. The van der Waals surface area contributed by atoms with Crippen molar-refractivity contribution in [3.05, 3.63) is 100.0 Å². The summed E-state index contributed by atoms with van der Waals surface area (Å²) in [5.74, 6) is 0.625. The van der Waals surface area contributed by atoms with Crippen LogP contribution in [0, 0.1) is 5.82 Å². The Kier molecular flexibility index (Phi) is 5.47. The lowest BCUT2D eigenvalue weighted by molar-refractivity contribution is 0.302. The molecule has 27 heavy (non-hydrogen) atoms. The number of hydrogen-bond acceptors (Lipinski definition) is 3. The predicted molar refractivity (Wildman–Crippen MR) is 110 cm³/mol. The summed E-state index contributed by atoms with van der Waals surface area (Å²) in [7, 11) is 0. The van der Waals surface area contributed by atoms with Gasteiger partial charge < -0.3 is 10.1 Å². The van der Waals surface area contributed by atoms with Crippen molar-refractivity contribution in [2.45, 2.75) is 19.7 Å². The van der Waals surface area contributed by atoms with Gasteiger partial charge in [-0.25, -0.2) is 4.39 Å². The van der Waals surface area contributed by atoms with Crippen LogP contribution in [0.1, 0.15) is 16.0 Å². The average molecular weight is 377 g/mol. The van der Waals surface area contributed by atoms with Gasteiger partial charge in [-0.05, 0) is 46.0 Å². The number of hydrogen-bond donors (Lipinski definition) is 1. The van der Waals surface area contributed by atoms with Gasteiger partial charge in [-0.3, -0.25) is 0 Å². The predicted octanol–water partition coefficient (Wildman–Crippen LogP) is 5.91. The fourth-order valence-electron chi connectivity index (χ4n) is 3.10. The maximum atomic E-state index is 13.1. The fourth-order valence-corrected chi connectivity index (χ4v) is 3.77. The highest BCUT2D eigenvalue weighted by Crippen LogP contribution is 2.29. The Morgan fingerprint density at radius 2 is 1.70 bits per heavy atom. The Labute approximate surface area is 162 Å². The Morgan fingerprint density at radius 1 is 0.852 bits per heavy atom. The summed E-state index contributed by atoms with van der Waals surface area (Å²) in [5, 5.41) is 7.99. The van der Waals surface area contributed by atoms with E-state index in [0.29, 0.717) is 6.61 Å². The first-order valence-electron chi connectivity index (χ1n) is 8.90. The van der Waals surface area contributed by atoms with Gasteiger partial charge in [0, 0.05) is 23.5 Å². The Bertz CT molecular complexity index is 1010. The number of thiophene rings is 1. The number of ether oxygens (including phenoxy) is 1. The van der Waals surface area contributed by atoms with Crippen LogP contribution in [0.4, 0.5) is 4.39 Å². The Hall–Kier alpha value is -2.69. The molecule has 2 nitrogen and oxygen atoms in total. The summed E-state index contributed by atoms with van der Waals surface area (Å²) in [4.78, 5) is 1.31. The van der Waals surface area contributed by atoms with E-state index < -0.39 is 0 Å². The van der Waals surface area contributed by atoms with E-state index in [1.165, 1.54) is 27.8 Å². The van der Waals surface area contributed by atoms with Crippen LogP contribution >= 0.6 is 11.3 Å². The molecule has 1 aromatic heterocycles. The van der Waals surface area contributed by atoms with Crippen molar-refractivity contribution in [1.82, 2.24) is 5.32 Å². The molecule has 1 heterocycles. The molecule has 0 spiro atoms. The first-order valence-corrected chi connectivity index (χ1v) is 9.78. The van der Waals surface area contributed by atoms with E-state index in [1.54, 1.807) is 23.5 Å².